The van der Waals surface area contributed by atoms with E-state index in [2.05, 4.69) is 41.8 Å². The van der Waals surface area contributed by atoms with Crippen molar-refractivity contribution < 1.29 is 32.8 Å². The van der Waals surface area contributed by atoms with E-state index in [-0.39, 0.29) is 35.3 Å². The van der Waals surface area contributed by atoms with E-state index in [0.717, 1.165) is 0 Å². The average molecular weight is 616 g/mol. The van der Waals surface area contributed by atoms with Gasteiger partial charge in [-0.2, -0.15) is 0 Å². The molecule has 1 aromatic heterocycles. The van der Waals surface area contributed by atoms with Crippen molar-refractivity contribution in [2.24, 2.45) is 5.16 Å². The van der Waals surface area contributed by atoms with Crippen molar-refractivity contribution in [3.63, 3.8) is 0 Å². The first-order valence-corrected chi connectivity index (χ1v) is 14.6. The maximum atomic E-state index is 13.5. The summed E-state index contributed by atoms with van der Waals surface area (Å²) >= 11 is 4.32. The van der Waals surface area contributed by atoms with Crippen LogP contribution in [0.25, 0.3) is 0 Å². The van der Waals surface area contributed by atoms with Gasteiger partial charge < -0.3 is 19.8 Å². The van der Waals surface area contributed by atoms with Crippen molar-refractivity contribution in [1.82, 2.24) is 15.4 Å². The number of anilines is 1. The number of thioether (sulfide) groups is 1. The number of rotatable bonds is 13. The van der Waals surface area contributed by atoms with Crippen LogP contribution >= 0.6 is 35.2 Å². The van der Waals surface area contributed by atoms with Crippen LogP contribution in [0.4, 0.5) is 10.1 Å². The van der Waals surface area contributed by atoms with Crippen molar-refractivity contribution in [3.05, 3.63) is 64.5 Å². The zero-order chi connectivity index (χ0) is 26.7. The third-order valence-electron chi connectivity index (χ3n) is 4.57. The Morgan fingerprint density at radius 3 is 2.76 bits per heavy atom. The van der Waals surface area contributed by atoms with Crippen LogP contribution < -0.4 is 14.9 Å². The van der Waals surface area contributed by atoms with Crippen LogP contribution in [0.5, 0.6) is 5.75 Å². The van der Waals surface area contributed by atoms with Crippen LogP contribution in [0.3, 0.4) is 0 Å². The van der Waals surface area contributed by atoms with Gasteiger partial charge in [0.15, 0.2) is 10.7 Å². The van der Waals surface area contributed by atoms with Crippen molar-refractivity contribution >= 4 is 52.7 Å². The molecule has 3 aromatic rings. The highest BCUT2D eigenvalue weighted by Gasteiger charge is 2.26. The zero-order valence-corrected chi connectivity index (χ0v) is 22.9. The van der Waals surface area contributed by atoms with Crippen LogP contribution in [-0.2, 0) is 14.1 Å². The molecule has 3 rings (SSSR count). The Labute approximate surface area is 224 Å². The molecule has 0 saturated heterocycles. The summed E-state index contributed by atoms with van der Waals surface area (Å²) in [5, 5.41) is 26.2. The van der Waals surface area contributed by atoms with Crippen molar-refractivity contribution in [1.29, 1.82) is 0 Å². The van der Waals surface area contributed by atoms with E-state index < -0.39 is 19.3 Å². The molecule has 37 heavy (non-hydrogen) atoms. The number of nitrogens with one attached hydrogen (secondary N) is 2. The first kappa shape index (κ1) is 28.6. The average Bonchev–Trinajstić information content (AvgIpc) is 3.35. The summed E-state index contributed by atoms with van der Waals surface area (Å²) < 4.78 is 42.6. The van der Waals surface area contributed by atoms with E-state index in [1.54, 1.807) is 37.3 Å². The number of hydrogen-bond acceptors (Lipinski definition) is 10. The lowest BCUT2D eigenvalue weighted by Crippen LogP contribution is -2.25. The fourth-order valence-corrected chi connectivity index (χ4v) is 6.06. The smallest absolute Gasteiger partial charge is 0.320 e. The van der Waals surface area contributed by atoms with Crippen molar-refractivity contribution in [3.8, 4) is 5.75 Å². The fourth-order valence-electron chi connectivity index (χ4n) is 2.91. The third-order valence-corrected chi connectivity index (χ3v) is 8.26. The van der Waals surface area contributed by atoms with E-state index in [4.69, 9.17) is 13.9 Å². The number of para-hydroxylation sites is 1. The number of hydrogen-bond donors (Lipinski definition) is 3. The Kier molecular flexibility index (Phi) is 10.9. The number of carbonyl (C=O) groups excluding carboxylic acids is 1. The normalized spacial score (nSPS) is 13.1. The van der Waals surface area contributed by atoms with E-state index in [0.29, 0.717) is 28.6 Å². The van der Waals surface area contributed by atoms with Gasteiger partial charge in [0.2, 0.25) is 5.84 Å². The minimum Gasteiger partial charge on any atom is -0.465 e. The molecule has 0 saturated carbocycles. The Bertz CT molecular complexity index is 1270. The highest BCUT2D eigenvalue weighted by molar-refractivity contribution is 9.10. The van der Waals surface area contributed by atoms with Gasteiger partial charge in [-0.05, 0) is 69.9 Å². The molecule has 1 heterocycles. The molecular weight excluding hydrogens is 592 g/mol. The molecule has 0 aliphatic rings. The molecule has 1 atom stereocenters. The van der Waals surface area contributed by atoms with Crippen molar-refractivity contribution in [2.75, 3.05) is 30.4 Å². The Morgan fingerprint density at radius 1 is 1.27 bits per heavy atom. The second kappa shape index (κ2) is 14.1. The van der Waals surface area contributed by atoms with Crippen molar-refractivity contribution in [2.45, 2.75) is 18.4 Å². The SMILES string of the molecule is CCOC(=O)CNP(=O)(CCCSc1nonc1C(=NO)Nc1ccc(F)c(Br)c1)Oc1ccccc1. The third kappa shape index (κ3) is 8.85. The molecule has 1 unspecified atom stereocenters. The zero-order valence-electron chi connectivity index (χ0n) is 19.6. The second-order valence-electron chi connectivity index (χ2n) is 7.26. The molecule has 2 aromatic carbocycles. The molecule has 15 heteroatoms. The van der Waals surface area contributed by atoms with E-state index >= 15 is 0 Å². The van der Waals surface area contributed by atoms with Crippen LogP contribution in [0.15, 0.2) is 67.8 Å². The van der Waals surface area contributed by atoms with Crippen LogP contribution in [-0.4, -0.2) is 52.4 Å². The van der Waals surface area contributed by atoms with Gasteiger partial charge in [-0.3, -0.25) is 9.36 Å². The van der Waals surface area contributed by atoms with Gasteiger partial charge in [0.25, 0.3) is 0 Å². The minimum atomic E-state index is -3.45. The van der Waals surface area contributed by atoms with Crippen LogP contribution in [0.1, 0.15) is 19.0 Å². The van der Waals surface area contributed by atoms with Crippen LogP contribution in [0, 0.1) is 5.82 Å². The van der Waals surface area contributed by atoms with E-state index in [1.165, 1.54) is 30.0 Å². The second-order valence-corrected chi connectivity index (χ2v) is 11.5. The maximum absolute atomic E-state index is 13.5. The predicted octanol–water partition coefficient (Wildman–Crippen LogP) is 5.13. The lowest BCUT2D eigenvalue weighted by molar-refractivity contribution is -0.141. The minimum absolute atomic E-state index is 0.0588. The van der Waals surface area contributed by atoms with Gasteiger partial charge in [0.05, 0.1) is 17.2 Å². The summed E-state index contributed by atoms with van der Waals surface area (Å²) in [7, 11) is -3.45. The molecule has 0 bridgehead atoms. The molecule has 0 aliphatic carbocycles. The molecule has 3 N–H and O–H groups in total. The summed E-state index contributed by atoms with van der Waals surface area (Å²) in [6.07, 6.45) is 0.512. The number of amidine groups is 1. The number of ether oxygens (including phenoxy) is 1. The topological polar surface area (TPSA) is 148 Å². The highest BCUT2D eigenvalue weighted by Crippen LogP contribution is 2.43. The lowest BCUT2D eigenvalue weighted by Gasteiger charge is -2.20. The number of nitrogens with zero attached hydrogens (tertiary/aromatic N) is 3. The van der Waals surface area contributed by atoms with Gasteiger partial charge in [-0.25, -0.2) is 14.1 Å². The first-order chi connectivity index (χ1) is 17.8. The quantitative estimate of drug-likeness (QED) is 0.0343. The maximum Gasteiger partial charge on any atom is 0.320 e. The van der Waals surface area contributed by atoms with E-state index in [1.807, 2.05) is 0 Å². The Hall–Kier alpha value is -2.93. The largest absolute Gasteiger partial charge is 0.465 e. The monoisotopic (exact) mass is 615 g/mol. The molecule has 0 aliphatic heterocycles. The molecule has 0 fully saturated rings. The predicted molar refractivity (Wildman–Crippen MR) is 140 cm³/mol. The first-order valence-electron chi connectivity index (χ1n) is 11.0. The summed E-state index contributed by atoms with van der Waals surface area (Å²) in [5.41, 5.74) is 0.573. The molecule has 0 radical (unpaired) electrons. The number of esters is 1. The number of aromatic nitrogens is 2. The highest BCUT2D eigenvalue weighted by atomic mass is 79.9. The lowest BCUT2D eigenvalue weighted by atomic mass is 10.3. The van der Waals surface area contributed by atoms with Gasteiger partial charge in [-0.15, -0.1) is 11.8 Å². The molecule has 0 amide bonds. The van der Waals surface area contributed by atoms with Crippen LogP contribution in [0.2, 0.25) is 0 Å². The number of halogens is 2. The molecule has 0 spiro atoms. The van der Waals surface area contributed by atoms with Gasteiger partial charge in [-0.1, -0.05) is 23.4 Å². The Balaban J connectivity index is 1.61. The van der Waals surface area contributed by atoms with Gasteiger partial charge >= 0.3 is 13.5 Å². The van der Waals surface area contributed by atoms with E-state index in [9.17, 15) is 19.0 Å². The number of benzene rings is 2. The number of oxime groups is 1. The van der Waals surface area contributed by atoms with Gasteiger partial charge in [0.1, 0.15) is 18.1 Å². The molecule has 11 nitrogen and oxygen atoms in total. The van der Waals surface area contributed by atoms with Gasteiger partial charge in [0, 0.05) is 11.4 Å². The summed E-state index contributed by atoms with van der Waals surface area (Å²) in [6.45, 7) is 1.63. The number of carbonyl (C=O) groups is 1. The summed E-state index contributed by atoms with van der Waals surface area (Å²) in [5.74, 6) is -0.219. The molecule has 198 valence electrons. The standard InChI is InChI=1S/C22H24BrFN5O6PS/c1-2-33-19(30)14-25-36(32,34-16-7-4-3-5-8-16)11-6-12-37-22-20(28-35-29-22)21(27-31)26-15-9-10-18(24)17(23)13-15/h3-5,7-10,13,31H,2,6,11-12,14H2,1H3,(H,25,32)(H,26,27). The molecular formula is C22H24BrFN5O6PS. The fraction of sp³-hybridized carbons (Fsp3) is 0.273. The summed E-state index contributed by atoms with van der Waals surface area (Å²) in [6, 6.07) is 12.8. The summed E-state index contributed by atoms with van der Waals surface area (Å²) in [4.78, 5) is 11.8. The Morgan fingerprint density at radius 2 is 2.05 bits per heavy atom.